The maximum atomic E-state index is 6.23. The van der Waals surface area contributed by atoms with E-state index in [1.807, 2.05) is 12.3 Å². The van der Waals surface area contributed by atoms with Crippen LogP contribution in [0.4, 0.5) is 0 Å². The standard InChI is InChI=1S/C18H27NO4/c1-5-20-6-2-15(1)12-22-17-4-8-23-18(9-17)13-19(14-18)10-16-3-7-21-11-16/h3,7,11,15,17H,1-2,4-6,8-10,12-14H2/t17-/m0/s1. The second kappa shape index (κ2) is 6.93. The van der Waals surface area contributed by atoms with Gasteiger partial charge >= 0.3 is 0 Å². The molecule has 1 aromatic heterocycles. The first-order valence-electron chi connectivity index (χ1n) is 8.88. The van der Waals surface area contributed by atoms with Gasteiger partial charge in [0.15, 0.2) is 0 Å². The fourth-order valence-corrected chi connectivity index (χ4v) is 4.05. The maximum Gasteiger partial charge on any atom is 0.0959 e. The lowest BCUT2D eigenvalue weighted by Crippen LogP contribution is -2.65. The zero-order chi connectivity index (χ0) is 15.5. The summed E-state index contributed by atoms with van der Waals surface area (Å²) in [6.45, 7) is 6.49. The van der Waals surface area contributed by atoms with Gasteiger partial charge in [-0.15, -0.1) is 0 Å². The van der Waals surface area contributed by atoms with Crippen LogP contribution < -0.4 is 0 Å². The van der Waals surface area contributed by atoms with Crippen molar-refractivity contribution in [2.24, 2.45) is 5.92 Å². The molecule has 1 spiro atoms. The summed E-state index contributed by atoms with van der Waals surface area (Å²) in [5, 5.41) is 0. The highest BCUT2D eigenvalue weighted by Gasteiger charge is 2.47. The maximum absolute atomic E-state index is 6.23. The molecule has 0 saturated carbocycles. The van der Waals surface area contributed by atoms with Crippen LogP contribution in [0.15, 0.2) is 23.0 Å². The van der Waals surface area contributed by atoms with E-state index in [2.05, 4.69) is 4.90 Å². The minimum Gasteiger partial charge on any atom is -0.472 e. The predicted octanol–water partition coefficient (Wildman–Crippen LogP) is 2.46. The van der Waals surface area contributed by atoms with E-state index in [0.717, 1.165) is 71.7 Å². The average Bonchev–Trinajstić information content (AvgIpc) is 3.06. The first-order valence-corrected chi connectivity index (χ1v) is 8.88. The number of rotatable bonds is 5. The van der Waals surface area contributed by atoms with E-state index in [4.69, 9.17) is 18.6 Å². The Kier molecular flexibility index (Phi) is 4.71. The van der Waals surface area contributed by atoms with Crippen molar-refractivity contribution in [1.29, 1.82) is 0 Å². The lowest BCUT2D eigenvalue weighted by molar-refractivity contribution is -0.201. The molecule has 3 fully saturated rings. The fraction of sp³-hybridized carbons (Fsp3) is 0.778. The molecule has 0 aliphatic carbocycles. The van der Waals surface area contributed by atoms with Crippen LogP contribution >= 0.6 is 0 Å². The second-order valence-electron chi connectivity index (χ2n) is 7.31. The van der Waals surface area contributed by atoms with Crippen LogP contribution in [0.1, 0.15) is 31.2 Å². The van der Waals surface area contributed by atoms with Crippen molar-refractivity contribution >= 4 is 0 Å². The normalized spacial score (nSPS) is 28.8. The van der Waals surface area contributed by atoms with Gasteiger partial charge in [0.2, 0.25) is 0 Å². The molecule has 0 unspecified atom stereocenters. The van der Waals surface area contributed by atoms with E-state index in [1.54, 1.807) is 6.26 Å². The minimum absolute atomic E-state index is 0.0301. The summed E-state index contributed by atoms with van der Waals surface area (Å²) in [6, 6.07) is 2.03. The van der Waals surface area contributed by atoms with Gasteiger partial charge in [-0.3, -0.25) is 4.90 Å². The van der Waals surface area contributed by atoms with Gasteiger partial charge in [0, 0.05) is 58.0 Å². The van der Waals surface area contributed by atoms with Crippen LogP contribution in [0.25, 0.3) is 0 Å². The molecule has 4 heterocycles. The zero-order valence-electron chi connectivity index (χ0n) is 13.7. The Labute approximate surface area is 137 Å². The molecule has 0 N–H and O–H groups in total. The molecule has 0 aromatic carbocycles. The van der Waals surface area contributed by atoms with Gasteiger partial charge in [0.25, 0.3) is 0 Å². The molecule has 5 nitrogen and oxygen atoms in total. The van der Waals surface area contributed by atoms with Crippen LogP contribution in [0.3, 0.4) is 0 Å². The molecule has 3 saturated heterocycles. The van der Waals surface area contributed by atoms with Gasteiger partial charge in [0.1, 0.15) is 0 Å². The Hall–Kier alpha value is -0.880. The molecule has 0 bridgehead atoms. The van der Waals surface area contributed by atoms with Gasteiger partial charge in [-0.1, -0.05) is 0 Å². The summed E-state index contributed by atoms with van der Waals surface area (Å²) in [7, 11) is 0. The largest absolute Gasteiger partial charge is 0.472 e. The van der Waals surface area contributed by atoms with Crippen LogP contribution in [0.5, 0.6) is 0 Å². The number of ether oxygens (including phenoxy) is 3. The molecule has 1 aromatic rings. The van der Waals surface area contributed by atoms with Crippen molar-refractivity contribution in [3.8, 4) is 0 Å². The van der Waals surface area contributed by atoms with Crippen molar-refractivity contribution in [2.75, 3.05) is 39.5 Å². The quantitative estimate of drug-likeness (QED) is 0.833. The third-order valence-corrected chi connectivity index (χ3v) is 5.37. The molecule has 1 atom stereocenters. The Bertz CT molecular complexity index is 477. The summed E-state index contributed by atoms with van der Waals surface area (Å²) in [6.07, 6.45) is 8.29. The van der Waals surface area contributed by atoms with Crippen molar-refractivity contribution in [3.63, 3.8) is 0 Å². The van der Waals surface area contributed by atoms with E-state index >= 15 is 0 Å². The summed E-state index contributed by atoms with van der Waals surface area (Å²) in [5.41, 5.74) is 1.27. The second-order valence-corrected chi connectivity index (χ2v) is 7.31. The highest BCUT2D eigenvalue weighted by atomic mass is 16.5. The van der Waals surface area contributed by atoms with Crippen molar-refractivity contribution < 1.29 is 18.6 Å². The molecule has 4 rings (SSSR count). The van der Waals surface area contributed by atoms with E-state index in [-0.39, 0.29) is 5.60 Å². The van der Waals surface area contributed by atoms with Gasteiger partial charge < -0.3 is 18.6 Å². The first-order chi connectivity index (χ1) is 11.3. The summed E-state index contributed by atoms with van der Waals surface area (Å²) in [4.78, 5) is 2.42. The molecular weight excluding hydrogens is 294 g/mol. The van der Waals surface area contributed by atoms with Gasteiger partial charge in [-0.25, -0.2) is 0 Å². The van der Waals surface area contributed by atoms with Crippen molar-refractivity contribution in [2.45, 2.75) is 43.9 Å². The van der Waals surface area contributed by atoms with Crippen LogP contribution in [-0.4, -0.2) is 56.1 Å². The predicted molar refractivity (Wildman–Crippen MR) is 85.2 cm³/mol. The Balaban J connectivity index is 1.22. The number of hydrogen-bond acceptors (Lipinski definition) is 5. The van der Waals surface area contributed by atoms with E-state index in [9.17, 15) is 0 Å². The molecular formula is C18H27NO4. The third-order valence-electron chi connectivity index (χ3n) is 5.37. The van der Waals surface area contributed by atoms with Crippen LogP contribution in [-0.2, 0) is 20.8 Å². The van der Waals surface area contributed by atoms with E-state index < -0.39 is 0 Å². The molecule has 3 aliphatic heterocycles. The Morgan fingerprint density at radius 2 is 2.04 bits per heavy atom. The monoisotopic (exact) mass is 321 g/mol. The lowest BCUT2D eigenvalue weighted by atomic mass is 9.84. The number of likely N-dealkylation sites (tertiary alicyclic amines) is 1. The van der Waals surface area contributed by atoms with Crippen molar-refractivity contribution in [1.82, 2.24) is 4.90 Å². The Morgan fingerprint density at radius 1 is 1.17 bits per heavy atom. The molecule has 5 heteroatoms. The topological polar surface area (TPSA) is 44.1 Å². The van der Waals surface area contributed by atoms with E-state index in [1.165, 1.54) is 5.56 Å². The number of nitrogens with zero attached hydrogens (tertiary/aromatic N) is 1. The van der Waals surface area contributed by atoms with Gasteiger partial charge in [-0.2, -0.15) is 0 Å². The highest BCUT2D eigenvalue weighted by Crippen LogP contribution is 2.36. The Morgan fingerprint density at radius 3 is 2.83 bits per heavy atom. The fourth-order valence-electron chi connectivity index (χ4n) is 4.05. The third kappa shape index (κ3) is 3.79. The molecule has 3 aliphatic rings. The smallest absolute Gasteiger partial charge is 0.0959 e. The van der Waals surface area contributed by atoms with Gasteiger partial charge in [0.05, 0.1) is 24.2 Å². The number of furan rings is 1. The summed E-state index contributed by atoms with van der Waals surface area (Å²) < 4.78 is 22.9. The van der Waals surface area contributed by atoms with Crippen molar-refractivity contribution in [3.05, 3.63) is 24.2 Å². The zero-order valence-corrected chi connectivity index (χ0v) is 13.7. The molecule has 128 valence electrons. The number of hydrogen-bond donors (Lipinski definition) is 0. The minimum atomic E-state index is 0.0301. The van der Waals surface area contributed by atoms with E-state index in [0.29, 0.717) is 12.0 Å². The lowest BCUT2D eigenvalue weighted by Gasteiger charge is -2.53. The van der Waals surface area contributed by atoms with Crippen LogP contribution in [0, 0.1) is 5.92 Å². The summed E-state index contributed by atoms with van der Waals surface area (Å²) >= 11 is 0. The first kappa shape index (κ1) is 15.6. The van der Waals surface area contributed by atoms with Gasteiger partial charge in [-0.05, 0) is 31.2 Å². The van der Waals surface area contributed by atoms with Crippen LogP contribution in [0.2, 0.25) is 0 Å². The summed E-state index contributed by atoms with van der Waals surface area (Å²) in [5.74, 6) is 0.682. The SMILES string of the molecule is c1cc(CN2CC3(C[C@@H](OCC4CCOCC4)CCO3)C2)co1. The highest BCUT2D eigenvalue weighted by molar-refractivity contribution is 5.09. The molecule has 0 radical (unpaired) electrons. The average molecular weight is 321 g/mol. The molecule has 0 amide bonds. The molecule has 23 heavy (non-hydrogen) atoms.